The Balaban J connectivity index is 1.58. The van der Waals surface area contributed by atoms with Crippen LogP contribution in [0, 0.1) is 11.8 Å². The number of hydrogen-bond acceptors (Lipinski definition) is 6. The van der Waals surface area contributed by atoms with Gasteiger partial charge in [0, 0.05) is 26.1 Å². The molecule has 1 saturated carbocycles. The molecule has 1 aliphatic rings. The predicted octanol–water partition coefficient (Wildman–Crippen LogP) is 4.57. The van der Waals surface area contributed by atoms with Gasteiger partial charge in [-0.15, -0.1) is 0 Å². The molecule has 1 aromatic carbocycles. The SMILES string of the molecule is CC(=O)NC(C)C#Cc1cnc(Oc2cccc(OC(=O)N(C)C3CCCCC3)c2)s1. The summed E-state index contributed by atoms with van der Waals surface area (Å²) in [7, 11) is 1.80. The normalized spacial score (nSPS) is 14.7. The van der Waals surface area contributed by atoms with Crippen molar-refractivity contribution in [2.75, 3.05) is 7.05 Å². The van der Waals surface area contributed by atoms with Crippen LogP contribution in [-0.4, -0.2) is 41.0 Å². The molecule has 1 atom stereocenters. The average molecular weight is 442 g/mol. The summed E-state index contributed by atoms with van der Waals surface area (Å²) in [4.78, 5) is 30.2. The quantitative estimate of drug-likeness (QED) is 0.687. The van der Waals surface area contributed by atoms with Gasteiger partial charge in [0.1, 0.15) is 16.4 Å². The summed E-state index contributed by atoms with van der Waals surface area (Å²) < 4.78 is 11.3. The Morgan fingerprint density at radius 1 is 1.26 bits per heavy atom. The number of aromatic nitrogens is 1. The van der Waals surface area contributed by atoms with Crippen molar-refractivity contribution in [1.82, 2.24) is 15.2 Å². The number of amides is 2. The van der Waals surface area contributed by atoms with Crippen molar-refractivity contribution in [1.29, 1.82) is 0 Å². The van der Waals surface area contributed by atoms with Crippen molar-refractivity contribution in [2.45, 2.75) is 58.0 Å². The van der Waals surface area contributed by atoms with E-state index in [0.717, 1.165) is 30.6 Å². The fraction of sp³-hybridized carbons (Fsp3) is 0.435. The van der Waals surface area contributed by atoms with Gasteiger partial charge in [-0.3, -0.25) is 4.79 Å². The van der Waals surface area contributed by atoms with Crippen LogP contribution in [0.2, 0.25) is 0 Å². The van der Waals surface area contributed by atoms with Crippen LogP contribution in [0.4, 0.5) is 4.79 Å². The first kappa shape index (κ1) is 22.6. The molecule has 7 nitrogen and oxygen atoms in total. The number of nitrogens with one attached hydrogen (secondary N) is 1. The van der Waals surface area contributed by atoms with Crippen molar-refractivity contribution >= 4 is 23.3 Å². The number of hydrogen-bond donors (Lipinski definition) is 1. The van der Waals surface area contributed by atoms with Gasteiger partial charge < -0.3 is 19.7 Å². The number of carbonyl (C=O) groups is 2. The number of ether oxygens (including phenoxy) is 2. The van der Waals surface area contributed by atoms with Crippen LogP contribution in [0.15, 0.2) is 30.5 Å². The first-order valence-electron chi connectivity index (χ1n) is 10.4. The highest BCUT2D eigenvalue weighted by molar-refractivity contribution is 7.13. The lowest BCUT2D eigenvalue weighted by Crippen LogP contribution is -2.39. The molecule has 1 heterocycles. The van der Waals surface area contributed by atoms with E-state index < -0.39 is 0 Å². The molecule has 31 heavy (non-hydrogen) atoms. The van der Waals surface area contributed by atoms with E-state index in [1.807, 2.05) is 6.92 Å². The summed E-state index contributed by atoms with van der Waals surface area (Å²) >= 11 is 1.30. The van der Waals surface area contributed by atoms with E-state index in [0.29, 0.717) is 16.7 Å². The van der Waals surface area contributed by atoms with Crippen LogP contribution in [0.1, 0.15) is 50.8 Å². The van der Waals surface area contributed by atoms with Gasteiger partial charge in [0.2, 0.25) is 5.91 Å². The molecule has 0 bridgehead atoms. The molecule has 164 valence electrons. The van der Waals surface area contributed by atoms with Crippen LogP contribution in [0.3, 0.4) is 0 Å². The lowest BCUT2D eigenvalue weighted by Gasteiger charge is -2.30. The molecule has 0 radical (unpaired) electrons. The van der Waals surface area contributed by atoms with E-state index in [4.69, 9.17) is 9.47 Å². The summed E-state index contributed by atoms with van der Waals surface area (Å²) in [6, 6.07) is 6.92. The van der Waals surface area contributed by atoms with Crippen LogP contribution in [0.5, 0.6) is 16.7 Å². The van der Waals surface area contributed by atoms with E-state index >= 15 is 0 Å². The molecule has 1 aromatic heterocycles. The lowest BCUT2D eigenvalue weighted by molar-refractivity contribution is -0.119. The average Bonchev–Trinajstić information content (AvgIpc) is 3.19. The molecule has 1 fully saturated rings. The van der Waals surface area contributed by atoms with Gasteiger partial charge in [-0.2, -0.15) is 0 Å². The number of benzene rings is 1. The second kappa shape index (κ2) is 10.8. The molecule has 1 unspecified atom stereocenters. The van der Waals surface area contributed by atoms with E-state index in [2.05, 4.69) is 22.1 Å². The van der Waals surface area contributed by atoms with Crippen molar-refractivity contribution in [2.24, 2.45) is 0 Å². The Labute approximate surface area is 186 Å². The van der Waals surface area contributed by atoms with Crippen LogP contribution in [-0.2, 0) is 4.79 Å². The Kier molecular flexibility index (Phi) is 7.90. The van der Waals surface area contributed by atoms with Crippen LogP contribution >= 0.6 is 11.3 Å². The maximum Gasteiger partial charge on any atom is 0.415 e. The van der Waals surface area contributed by atoms with Crippen molar-refractivity contribution < 1.29 is 19.1 Å². The lowest BCUT2D eigenvalue weighted by atomic mass is 9.95. The topological polar surface area (TPSA) is 80.8 Å². The maximum atomic E-state index is 12.5. The molecule has 8 heteroatoms. The van der Waals surface area contributed by atoms with Gasteiger partial charge in [0.15, 0.2) is 0 Å². The second-order valence-corrected chi connectivity index (χ2v) is 8.52. The van der Waals surface area contributed by atoms with Crippen molar-refractivity contribution in [3.63, 3.8) is 0 Å². The number of carbonyl (C=O) groups excluding carboxylic acids is 2. The summed E-state index contributed by atoms with van der Waals surface area (Å²) in [6.45, 7) is 3.27. The third-order valence-corrected chi connectivity index (χ3v) is 5.73. The van der Waals surface area contributed by atoms with Gasteiger partial charge in [-0.05, 0) is 31.9 Å². The summed E-state index contributed by atoms with van der Waals surface area (Å²) in [5.41, 5.74) is 0. The third-order valence-electron chi connectivity index (χ3n) is 4.94. The van der Waals surface area contributed by atoms with Crippen molar-refractivity contribution in [3.05, 3.63) is 35.3 Å². The monoisotopic (exact) mass is 441 g/mol. The molecule has 0 spiro atoms. The van der Waals surface area contributed by atoms with Gasteiger partial charge in [-0.1, -0.05) is 48.5 Å². The second-order valence-electron chi connectivity index (χ2n) is 7.53. The zero-order valence-electron chi connectivity index (χ0n) is 18.0. The molecule has 2 amide bonds. The Hall–Kier alpha value is -3.05. The minimum absolute atomic E-state index is 0.124. The molecular weight excluding hydrogens is 414 g/mol. The maximum absolute atomic E-state index is 12.5. The third kappa shape index (κ3) is 7.00. The standard InChI is InChI=1S/C23H27N3O4S/c1-16(25-17(2)27)12-13-21-15-24-22(31-21)29-19-10-7-11-20(14-19)30-23(28)26(3)18-8-5-4-6-9-18/h7,10-11,14-16,18H,4-6,8-9H2,1-3H3,(H,25,27). The minimum Gasteiger partial charge on any atom is -0.431 e. The molecule has 0 aliphatic heterocycles. The number of nitrogens with zero attached hydrogens (tertiary/aromatic N) is 2. The van der Waals surface area contributed by atoms with E-state index in [1.165, 1.54) is 24.7 Å². The van der Waals surface area contributed by atoms with E-state index in [-0.39, 0.29) is 24.1 Å². The summed E-state index contributed by atoms with van der Waals surface area (Å²) in [5, 5.41) is 3.14. The van der Waals surface area contributed by atoms with Gasteiger partial charge >= 0.3 is 6.09 Å². The number of thiazole rings is 1. The molecule has 0 saturated heterocycles. The summed E-state index contributed by atoms with van der Waals surface area (Å²) in [6.07, 6.45) is 6.84. The largest absolute Gasteiger partial charge is 0.431 e. The predicted molar refractivity (Wildman–Crippen MR) is 119 cm³/mol. The van der Waals surface area contributed by atoms with Gasteiger partial charge in [0.05, 0.1) is 12.2 Å². The van der Waals surface area contributed by atoms with E-state index in [9.17, 15) is 9.59 Å². The summed E-state index contributed by atoms with van der Waals surface area (Å²) in [5.74, 6) is 6.74. The molecule has 3 rings (SSSR count). The highest BCUT2D eigenvalue weighted by Gasteiger charge is 2.23. The smallest absolute Gasteiger partial charge is 0.415 e. The highest BCUT2D eigenvalue weighted by atomic mass is 32.1. The molecule has 1 aliphatic carbocycles. The Morgan fingerprint density at radius 3 is 2.74 bits per heavy atom. The first-order chi connectivity index (χ1) is 14.9. The molecule has 2 aromatic rings. The van der Waals surface area contributed by atoms with Gasteiger partial charge in [0.25, 0.3) is 5.19 Å². The fourth-order valence-electron chi connectivity index (χ4n) is 3.38. The zero-order chi connectivity index (χ0) is 22.2. The molecule has 1 N–H and O–H groups in total. The van der Waals surface area contributed by atoms with Gasteiger partial charge in [-0.25, -0.2) is 9.78 Å². The van der Waals surface area contributed by atoms with Crippen molar-refractivity contribution in [3.8, 4) is 28.5 Å². The highest BCUT2D eigenvalue weighted by Crippen LogP contribution is 2.29. The fourth-order valence-corrected chi connectivity index (χ4v) is 4.02. The zero-order valence-corrected chi connectivity index (χ0v) is 18.8. The number of rotatable bonds is 5. The first-order valence-corrected chi connectivity index (χ1v) is 11.2. The Morgan fingerprint density at radius 2 is 2.00 bits per heavy atom. The van der Waals surface area contributed by atoms with Crippen LogP contribution < -0.4 is 14.8 Å². The Bertz CT molecular complexity index is 972. The molecular formula is C23H27N3O4S. The minimum atomic E-state index is -0.357. The van der Waals surface area contributed by atoms with E-state index in [1.54, 1.807) is 42.4 Å². The van der Waals surface area contributed by atoms with Crippen LogP contribution in [0.25, 0.3) is 0 Å².